The van der Waals surface area contributed by atoms with Crippen LogP contribution in [0.15, 0.2) is 91.1 Å². The van der Waals surface area contributed by atoms with Crippen LogP contribution in [-0.2, 0) is 13.0 Å². The largest absolute Gasteiger partial charge is 0.497 e. The minimum absolute atomic E-state index is 0.301. The number of ether oxygens (including phenoxy) is 1. The van der Waals surface area contributed by atoms with E-state index in [0.717, 1.165) is 34.0 Å². The summed E-state index contributed by atoms with van der Waals surface area (Å²) in [6.45, 7) is 4.06. The first-order valence-electron chi connectivity index (χ1n) is 13.3. The second-order valence-electron chi connectivity index (χ2n) is 9.85. The fraction of sp³-hybridized carbons (Fsp3) is 0.188. The van der Waals surface area contributed by atoms with Crippen molar-refractivity contribution in [3.05, 3.63) is 125 Å². The summed E-state index contributed by atoms with van der Waals surface area (Å²) in [5.74, 6) is 1.22. The number of nitrogens with zero attached hydrogens (tertiary/aromatic N) is 4. The van der Waals surface area contributed by atoms with Crippen LogP contribution in [0.5, 0.6) is 5.75 Å². The zero-order valence-electron chi connectivity index (χ0n) is 22.6. The summed E-state index contributed by atoms with van der Waals surface area (Å²) in [6.07, 6.45) is 2.71. The highest BCUT2D eigenvalue weighted by Gasteiger charge is 2.36. The van der Waals surface area contributed by atoms with E-state index in [1.54, 1.807) is 31.1 Å². The fourth-order valence-electron chi connectivity index (χ4n) is 5.38. The number of hydrogen-bond acceptors (Lipinski definition) is 3. The number of hydrogen-bond donors (Lipinski definition) is 1. The predicted molar refractivity (Wildman–Crippen MR) is 153 cm³/mol. The van der Waals surface area contributed by atoms with Crippen LogP contribution >= 0.6 is 0 Å². The molecule has 1 N–H and O–H groups in total. The Kier molecular flexibility index (Phi) is 6.59. The lowest BCUT2D eigenvalue weighted by Gasteiger charge is -2.31. The Balaban J connectivity index is 1.55. The van der Waals surface area contributed by atoms with Crippen molar-refractivity contribution in [3.8, 4) is 17.3 Å². The number of carbonyl (C=O) groups is 1. The first kappa shape index (κ1) is 25.4. The van der Waals surface area contributed by atoms with Gasteiger partial charge in [0.2, 0.25) is 0 Å². The molecule has 0 aliphatic carbocycles. The van der Waals surface area contributed by atoms with Gasteiger partial charge in [0.1, 0.15) is 17.4 Å². The van der Waals surface area contributed by atoms with E-state index in [2.05, 4.69) is 16.8 Å². The average Bonchev–Trinajstić information content (AvgIpc) is 3.56. The molecular weight excluding hydrogens is 505 g/mol. The van der Waals surface area contributed by atoms with Gasteiger partial charge in [-0.3, -0.25) is 0 Å². The van der Waals surface area contributed by atoms with Gasteiger partial charge in [-0.1, -0.05) is 43.3 Å². The lowest BCUT2D eigenvalue weighted by atomic mass is 10.0. The Morgan fingerprint density at radius 3 is 2.62 bits per heavy atom. The molecule has 202 valence electrons. The third-order valence-electron chi connectivity index (χ3n) is 7.40. The van der Waals surface area contributed by atoms with Crippen LogP contribution in [0.25, 0.3) is 11.5 Å². The standard InChI is InChI=1S/C32H30FN5O2/c1-4-28-26-20-37(32(39)34-23-16-15-21(2)27(33)19-23)30(22-10-8-13-25(18-22)40-3)29-14-9-17-36(29)31(26)38(35-28)24-11-6-5-7-12-24/h5-19,30H,4,20H2,1-3H3,(H,34,39)/t30-/m1/s1. The summed E-state index contributed by atoms with van der Waals surface area (Å²) >= 11 is 0. The predicted octanol–water partition coefficient (Wildman–Crippen LogP) is 6.82. The molecular formula is C32H30FN5O2. The first-order valence-corrected chi connectivity index (χ1v) is 13.3. The zero-order valence-corrected chi connectivity index (χ0v) is 22.6. The zero-order chi connectivity index (χ0) is 27.8. The maximum atomic E-state index is 14.4. The van der Waals surface area contributed by atoms with Crippen molar-refractivity contribution in [2.24, 2.45) is 0 Å². The third-order valence-corrected chi connectivity index (χ3v) is 7.40. The quantitative estimate of drug-likeness (QED) is 0.269. The molecule has 7 nitrogen and oxygen atoms in total. The molecule has 6 rings (SSSR count). The topological polar surface area (TPSA) is 64.3 Å². The summed E-state index contributed by atoms with van der Waals surface area (Å²) in [5.41, 5.74) is 5.51. The van der Waals surface area contributed by atoms with Crippen molar-refractivity contribution < 1.29 is 13.9 Å². The van der Waals surface area contributed by atoms with E-state index in [4.69, 9.17) is 9.84 Å². The van der Waals surface area contributed by atoms with Crippen molar-refractivity contribution in [1.29, 1.82) is 0 Å². The normalized spacial score (nSPS) is 14.3. The maximum Gasteiger partial charge on any atom is 0.322 e. The van der Waals surface area contributed by atoms with Gasteiger partial charge in [-0.25, -0.2) is 13.9 Å². The Bertz CT molecular complexity index is 1690. The van der Waals surface area contributed by atoms with Crippen LogP contribution in [0.3, 0.4) is 0 Å². The van der Waals surface area contributed by atoms with Crippen LogP contribution < -0.4 is 10.1 Å². The van der Waals surface area contributed by atoms with Gasteiger partial charge in [-0.2, -0.15) is 5.10 Å². The molecule has 1 aliphatic heterocycles. The Hall–Kier alpha value is -4.85. The van der Waals surface area contributed by atoms with Crippen LogP contribution in [0.4, 0.5) is 14.9 Å². The molecule has 8 heteroatoms. The molecule has 1 atom stereocenters. The van der Waals surface area contributed by atoms with E-state index in [9.17, 15) is 9.18 Å². The lowest BCUT2D eigenvalue weighted by molar-refractivity contribution is 0.194. The SMILES string of the molecule is CCc1nn(-c2ccccc2)c2c1CN(C(=O)Nc1ccc(C)c(F)c1)[C@H](c1cccc(OC)c1)c1cccn1-2. The second kappa shape index (κ2) is 10.4. The molecule has 1 aliphatic rings. The summed E-state index contributed by atoms with van der Waals surface area (Å²) in [7, 11) is 1.63. The van der Waals surface area contributed by atoms with Gasteiger partial charge in [0.15, 0.2) is 0 Å². The number of urea groups is 1. The van der Waals surface area contributed by atoms with Crippen molar-refractivity contribution in [1.82, 2.24) is 19.2 Å². The van der Waals surface area contributed by atoms with Crippen molar-refractivity contribution in [2.75, 3.05) is 12.4 Å². The molecule has 5 aromatic rings. The molecule has 2 amide bonds. The van der Waals surface area contributed by atoms with Crippen molar-refractivity contribution in [3.63, 3.8) is 0 Å². The highest BCUT2D eigenvalue weighted by molar-refractivity contribution is 5.90. The second-order valence-corrected chi connectivity index (χ2v) is 9.85. The van der Waals surface area contributed by atoms with Gasteiger partial charge >= 0.3 is 6.03 Å². The summed E-state index contributed by atoms with van der Waals surface area (Å²) in [6, 6.07) is 25.7. The molecule has 0 spiro atoms. The Morgan fingerprint density at radius 1 is 1.05 bits per heavy atom. The number of benzene rings is 3. The minimum Gasteiger partial charge on any atom is -0.497 e. The molecule has 0 saturated heterocycles. The fourth-order valence-corrected chi connectivity index (χ4v) is 5.38. The maximum absolute atomic E-state index is 14.4. The number of aryl methyl sites for hydroxylation is 2. The lowest BCUT2D eigenvalue weighted by Crippen LogP contribution is -2.38. The first-order chi connectivity index (χ1) is 19.5. The number of methoxy groups -OCH3 is 1. The molecule has 0 radical (unpaired) electrons. The number of carbonyl (C=O) groups excluding carboxylic acids is 1. The highest BCUT2D eigenvalue weighted by atomic mass is 19.1. The Morgan fingerprint density at radius 2 is 1.88 bits per heavy atom. The molecule has 0 bridgehead atoms. The summed E-state index contributed by atoms with van der Waals surface area (Å²) in [5, 5.41) is 7.94. The number of nitrogens with one attached hydrogen (secondary N) is 1. The van der Waals surface area contributed by atoms with Gasteiger partial charge in [-0.15, -0.1) is 0 Å². The molecule has 0 saturated carbocycles. The van der Waals surface area contributed by atoms with Crippen LogP contribution in [0.2, 0.25) is 0 Å². The van der Waals surface area contributed by atoms with Gasteiger partial charge in [0.05, 0.1) is 36.8 Å². The molecule has 40 heavy (non-hydrogen) atoms. The molecule has 2 aromatic heterocycles. The molecule has 0 unspecified atom stereocenters. The Labute approximate surface area is 232 Å². The van der Waals surface area contributed by atoms with Gasteiger partial charge in [0.25, 0.3) is 0 Å². The number of aromatic nitrogens is 3. The molecule has 0 fully saturated rings. The summed E-state index contributed by atoms with van der Waals surface area (Å²) < 4.78 is 24.0. The van der Waals surface area contributed by atoms with E-state index < -0.39 is 6.04 Å². The monoisotopic (exact) mass is 535 g/mol. The van der Waals surface area contributed by atoms with E-state index in [0.29, 0.717) is 30.0 Å². The van der Waals surface area contributed by atoms with E-state index in [1.165, 1.54) is 6.07 Å². The number of rotatable bonds is 5. The smallest absolute Gasteiger partial charge is 0.322 e. The highest BCUT2D eigenvalue weighted by Crippen LogP contribution is 2.39. The number of fused-ring (bicyclic) bond motifs is 3. The van der Waals surface area contributed by atoms with Crippen LogP contribution in [-0.4, -0.2) is 32.4 Å². The van der Waals surface area contributed by atoms with E-state index in [-0.39, 0.29) is 11.8 Å². The van der Waals surface area contributed by atoms with Crippen LogP contribution in [0, 0.1) is 12.7 Å². The van der Waals surface area contributed by atoms with Gasteiger partial charge in [0, 0.05) is 17.4 Å². The molecule has 3 aromatic carbocycles. The number of halogens is 1. The number of para-hydroxylation sites is 1. The number of amides is 2. The van der Waals surface area contributed by atoms with Gasteiger partial charge in [-0.05, 0) is 73.0 Å². The van der Waals surface area contributed by atoms with Gasteiger partial charge < -0.3 is 19.5 Å². The summed E-state index contributed by atoms with van der Waals surface area (Å²) in [4.78, 5) is 15.9. The van der Waals surface area contributed by atoms with E-state index >= 15 is 0 Å². The van der Waals surface area contributed by atoms with Crippen LogP contribution in [0.1, 0.15) is 41.0 Å². The third kappa shape index (κ3) is 4.41. The van der Waals surface area contributed by atoms with Crippen molar-refractivity contribution in [2.45, 2.75) is 32.9 Å². The van der Waals surface area contributed by atoms with Crippen molar-refractivity contribution >= 4 is 11.7 Å². The van der Waals surface area contributed by atoms with E-state index in [1.807, 2.05) is 77.6 Å². The number of anilines is 1. The minimum atomic E-state index is -0.457. The average molecular weight is 536 g/mol. The molecule has 3 heterocycles.